The summed E-state index contributed by atoms with van der Waals surface area (Å²) in [5.74, 6) is 1.29. The standard InChI is InChI=1S/C25H25N3O4S/c1-15-16(2)33-24-23(15)25(30)28(21(27-24)12-17-8-6-5-7-9-17)14-22(29)26-19-11-10-18(31-3)13-20(19)32-4/h5-11,13H,12,14H2,1-4H3,(H,26,29). The summed E-state index contributed by atoms with van der Waals surface area (Å²) in [5, 5.41) is 3.42. The number of hydrogen-bond donors (Lipinski definition) is 1. The van der Waals surface area contributed by atoms with Gasteiger partial charge in [-0.15, -0.1) is 11.3 Å². The second kappa shape index (κ2) is 9.46. The number of aromatic nitrogens is 2. The van der Waals surface area contributed by atoms with E-state index in [0.29, 0.717) is 39.6 Å². The van der Waals surface area contributed by atoms with Crippen LogP contribution in [0.1, 0.15) is 21.8 Å². The van der Waals surface area contributed by atoms with Crippen molar-refractivity contribution in [1.82, 2.24) is 9.55 Å². The summed E-state index contributed by atoms with van der Waals surface area (Å²) >= 11 is 1.50. The molecule has 1 amide bonds. The molecule has 0 saturated heterocycles. The molecule has 8 heteroatoms. The van der Waals surface area contributed by atoms with Crippen molar-refractivity contribution in [1.29, 1.82) is 0 Å². The number of anilines is 1. The van der Waals surface area contributed by atoms with Crippen molar-refractivity contribution in [2.75, 3.05) is 19.5 Å². The van der Waals surface area contributed by atoms with Crippen molar-refractivity contribution < 1.29 is 14.3 Å². The van der Waals surface area contributed by atoms with Gasteiger partial charge in [0.2, 0.25) is 5.91 Å². The van der Waals surface area contributed by atoms with E-state index >= 15 is 0 Å². The summed E-state index contributed by atoms with van der Waals surface area (Å²) < 4.78 is 12.0. The van der Waals surface area contributed by atoms with Gasteiger partial charge in [0.05, 0.1) is 25.3 Å². The lowest BCUT2D eigenvalue weighted by molar-refractivity contribution is -0.116. The van der Waals surface area contributed by atoms with E-state index in [2.05, 4.69) is 5.32 Å². The minimum Gasteiger partial charge on any atom is -0.497 e. The van der Waals surface area contributed by atoms with Crippen molar-refractivity contribution in [2.24, 2.45) is 0 Å². The van der Waals surface area contributed by atoms with Gasteiger partial charge >= 0.3 is 0 Å². The summed E-state index contributed by atoms with van der Waals surface area (Å²) in [6, 6.07) is 14.9. The fraction of sp³-hybridized carbons (Fsp3) is 0.240. The van der Waals surface area contributed by atoms with E-state index in [1.54, 1.807) is 25.3 Å². The molecule has 0 aliphatic carbocycles. The number of thiophene rings is 1. The Kier molecular flexibility index (Phi) is 6.46. The lowest BCUT2D eigenvalue weighted by Crippen LogP contribution is -2.31. The number of hydrogen-bond acceptors (Lipinski definition) is 6. The first-order valence-corrected chi connectivity index (χ1v) is 11.3. The maximum absolute atomic E-state index is 13.5. The van der Waals surface area contributed by atoms with Gasteiger partial charge in [0.25, 0.3) is 5.56 Å². The third kappa shape index (κ3) is 4.61. The van der Waals surface area contributed by atoms with Crippen LogP contribution in [0.25, 0.3) is 10.2 Å². The molecule has 1 N–H and O–H groups in total. The summed E-state index contributed by atoms with van der Waals surface area (Å²) in [6.07, 6.45) is 0.446. The van der Waals surface area contributed by atoms with Crippen molar-refractivity contribution in [3.63, 3.8) is 0 Å². The molecule has 170 valence electrons. The predicted octanol–water partition coefficient (Wildman–Crippen LogP) is 4.32. The average molecular weight is 464 g/mol. The van der Waals surface area contributed by atoms with Gasteiger partial charge in [-0.3, -0.25) is 14.2 Å². The van der Waals surface area contributed by atoms with Crippen LogP contribution in [0, 0.1) is 13.8 Å². The Morgan fingerprint density at radius 2 is 1.85 bits per heavy atom. The third-order valence-corrected chi connectivity index (χ3v) is 6.66. The smallest absolute Gasteiger partial charge is 0.263 e. The molecule has 0 aliphatic heterocycles. The summed E-state index contributed by atoms with van der Waals surface area (Å²) in [7, 11) is 3.08. The van der Waals surface area contributed by atoms with E-state index in [-0.39, 0.29) is 18.0 Å². The minimum atomic E-state index is -0.347. The topological polar surface area (TPSA) is 82.5 Å². The molecule has 2 heterocycles. The third-order valence-electron chi connectivity index (χ3n) is 5.56. The Morgan fingerprint density at radius 1 is 1.09 bits per heavy atom. The Bertz CT molecular complexity index is 1380. The van der Waals surface area contributed by atoms with Crippen LogP contribution in [-0.2, 0) is 17.8 Å². The van der Waals surface area contributed by atoms with E-state index < -0.39 is 0 Å². The molecule has 0 spiro atoms. The molecule has 0 unspecified atom stereocenters. The number of aryl methyl sites for hydroxylation is 2. The van der Waals surface area contributed by atoms with Crippen LogP contribution in [0.5, 0.6) is 11.5 Å². The highest BCUT2D eigenvalue weighted by Crippen LogP contribution is 2.29. The highest BCUT2D eigenvalue weighted by atomic mass is 32.1. The molecule has 0 bridgehead atoms. The number of nitrogens with one attached hydrogen (secondary N) is 1. The quantitative estimate of drug-likeness (QED) is 0.441. The second-order valence-corrected chi connectivity index (χ2v) is 8.86. The number of carbonyl (C=O) groups excluding carboxylic acids is 1. The van der Waals surface area contributed by atoms with Gasteiger partial charge in [0.1, 0.15) is 28.7 Å². The van der Waals surface area contributed by atoms with Gasteiger partial charge < -0.3 is 14.8 Å². The monoisotopic (exact) mass is 463 g/mol. The van der Waals surface area contributed by atoms with Crippen LogP contribution in [0.4, 0.5) is 5.69 Å². The molecular formula is C25H25N3O4S. The highest BCUT2D eigenvalue weighted by molar-refractivity contribution is 7.18. The van der Waals surface area contributed by atoms with Crippen LogP contribution in [0.2, 0.25) is 0 Å². The number of fused-ring (bicyclic) bond motifs is 1. The zero-order valence-corrected chi connectivity index (χ0v) is 19.8. The van der Waals surface area contributed by atoms with Crippen molar-refractivity contribution in [3.8, 4) is 11.5 Å². The van der Waals surface area contributed by atoms with Gasteiger partial charge in [-0.05, 0) is 37.1 Å². The predicted molar refractivity (Wildman–Crippen MR) is 131 cm³/mol. The molecule has 0 radical (unpaired) electrons. The first-order valence-electron chi connectivity index (χ1n) is 10.5. The van der Waals surface area contributed by atoms with E-state index in [0.717, 1.165) is 16.0 Å². The van der Waals surface area contributed by atoms with Crippen LogP contribution < -0.4 is 20.3 Å². The number of benzene rings is 2. The van der Waals surface area contributed by atoms with Crippen molar-refractivity contribution in [3.05, 3.63) is 80.7 Å². The van der Waals surface area contributed by atoms with E-state index in [1.165, 1.54) is 23.0 Å². The fourth-order valence-corrected chi connectivity index (χ4v) is 4.72. The summed E-state index contributed by atoms with van der Waals surface area (Å²) in [6.45, 7) is 3.74. The van der Waals surface area contributed by atoms with E-state index in [1.807, 2.05) is 44.2 Å². The zero-order valence-electron chi connectivity index (χ0n) is 19.0. The lowest BCUT2D eigenvalue weighted by atomic mass is 10.1. The van der Waals surface area contributed by atoms with E-state index in [4.69, 9.17) is 14.5 Å². The highest BCUT2D eigenvalue weighted by Gasteiger charge is 2.19. The molecule has 7 nitrogen and oxygen atoms in total. The number of methoxy groups -OCH3 is 2. The van der Waals surface area contributed by atoms with Crippen molar-refractivity contribution in [2.45, 2.75) is 26.8 Å². The lowest BCUT2D eigenvalue weighted by Gasteiger charge is -2.15. The molecular weight excluding hydrogens is 438 g/mol. The molecule has 2 aromatic heterocycles. The molecule has 0 aliphatic rings. The molecule has 33 heavy (non-hydrogen) atoms. The number of nitrogens with zero attached hydrogens (tertiary/aromatic N) is 2. The normalized spacial score (nSPS) is 10.9. The van der Waals surface area contributed by atoms with E-state index in [9.17, 15) is 9.59 Å². The Morgan fingerprint density at radius 3 is 2.55 bits per heavy atom. The fourth-order valence-electron chi connectivity index (χ4n) is 3.68. The molecule has 2 aromatic carbocycles. The number of carbonyl (C=O) groups is 1. The van der Waals surface area contributed by atoms with Crippen molar-refractivity contribution >= 4 is 33.1 Å². The molecule has 0 atom stereocenters. The largest absolute Gasteiger partial charge is 0.497 e. The van der Waals surface area contributed by atoms with Gasteiger partial charge in [-0.1, -0.05) is 30.3 Å². The average Bonchev–Trinajstić information content (AvgIpc) is 3.10. The maximum Gasteiger partial charge on any atom is 0.263 e. The number of rotatable bonds is 7. The Labute approximate surface area is 195 Å². The number of ether oxygens (including phenoxy) is 2. The molecule has 0 fully saturated rings. The number of amides is 1. The molecule has 0 saturated carbocycles. The first kappa shape index (κ1) is 22.5. The van der Waals surface area contributed by atoms with Crippen LogP contribution in [-0.4, -0.2) is 29.7 Å². The summed E-state index contributed by atoms with van der Waals surface area (Å²) in [5.41, 5.74) is 2.21. The summed E-state index contributed by atoms with van der Waals surface area (Å²) in [4.78, 5) is 33.0. The van der Waals surface area contributed by atoms with Crippen LogP contribution >= 0.6 is 11.3 Å². The Hall–Kier alpha value is -3.65. The van der Waals surface area contributed by atoms with Gasteiger partial charge in [0, 0.05) is 17.4 Å². The second-order valence-electron chi connectivity index (χ2n) is 7.66. The first-order chi connectivity index (χ1) is 15.9. The van der Waals surface area contributed by atoms with Gasteiger partial charge in [0.15, 0.2) is 0 Å². The van der Waals surface area contributed by atoms with Crippen LogP contribution in [0.15, 0.2) is 53.3 Å². The maximum atomic E-state index is 13.5. The van der Waals surface area contributed by atoms with Gasteiger partial charge in [-0.2, -0.15) is 0 Å². The SMILES string of the molecule is COc1ccc(NC(=O)Cn2c(Cc3ccccc3)nc3sc(C)c(C)c3c2=O)c(OC)c1. The minimum absolute atomic E-state index is 0.159. The zero-order chi connectivity index (χ0) is 23.5. The van der Waals surface area contributed by atoms with Gasteiger partial charge in [-0.25, -0.2) is 4.98 Å². The molecule has 4 rings (SSSR count). The Balaban J connectivity index is 1.72. The van der Waals surface area contributed by atoms with Crippen LogP contribution in [0.3, 0.4) is 0 Å². The molecule has 4 aromatic rings.